The molecule has 6 heteroatoms. The summed E-state index contributed by atoms with van der Waals surface area (Å²) in [5.74, 6) is 0.137. The maximum atomic E-state index is 12.6. The third kappa shape index (κ3) is 5.69. The molecule has 5 nitrogen and oxygen atoms in total. The number of carbonyl (C=O) groups is 2. The van der Waals surface area contributed by atoms with Crippen LogP contribution in [0.2, 0.25) is 0 Å². The Bertz CT molecular complexity index is 876. The summed E-state index contributed by atoms with van der Waals surface area (Å²) in [6, 6.07) is 20.9. The van der Waals surface area contributed by atoms with E-state index in [1.165, 1.54) is 18.7 Å². The maximum absolute atomic E-state index is 12.6. The molecule has 0 spiro atoms. The highest BCUT2D eigenvalue weighted by Crippen LogP contribution is 2.23. The molecule has 0 unspecified atom stereocenters. The minimum absolute atomic E-state index is 0.0541. The molecular formula is C22H21N3O2S. The van der Waals surface area contributed by atoms with Crippen molar-refractivity contribution in [3.8, 4) is 0 Å². The Balaban J connectivity index is 1.63. The van der Waals surface area contributed by atoms with Crippen LogP contribution < -0.4 is 10.6 Å². The number of amides is 2. The monoisotopic (exact) mass is 391 g/mol. The van der Waals surface area contributed by atoms with E-state index in [1.54, 1.807) is 12.4 Å². The standard InChI is InChI=1S/C22H21N3O2S/c1-16(26)24-19-7-9-20(10-8-19)28-15-21(27)25-22(17-5-3-2-4-6-17)18-11-13-23-14-12-18/h2-14,22H,15H2,1H3,(H,24,26)(H,25,27)/t22-/m1/s1. The van der Waals surface area contributed by atoms with Crippen molar-refractivity contribution in [2.45, 2.75) is 17.9 Å². The largest absolute Gasteiger partial charge is 0.344 e. The van der Waals surface area contributed by atoms with Crippen molar-refractivity contribution >= 4 is 29.3 Å². The molecule has 3 aromatic rings. The van der Waals surface area contributed by atoms with Crippen molar-refractivity contribution in [1.82, 2.24) is 10.3 Å². The van der Waals surface area contributed by atoms with Crippen molar-refractivity contribution < 1.29 is 9.59 Å². The first-order chi connectivity index (χ1) is 13.6. The van der Waals surface area contributed by atoms with Crippen molar-refractivity contribution in [3.63, 3.8) is 0 Å². The van der Waals surface area contributed by atoms with Gasteiger partial charge in [-0.25, -0.2) is 0 Å². The average Bonchev–Trinajstić information content (AvgIpc) is 2.72. The predicted molar refractivity (Wildman–Crippen MR) is 112 cm³/mol. The van der Waals surface area contributed by atoms with Crippen LogP contribution in [0.25, 0.3) is 0 Å². The molecule has 142 valence electrons. The molecule has 0 bridgehead atoms. The van der Waals surface area contributed by atoms with Crippen LogP contribution in [0.5, 0.6) is 0 Å². The molecule has 0 radical (unpaired) electrons. The quantitative estimate of drug-likeness (QED) is 0.597. The third-order valence-corrected chi connectivity index (χ3v) is 5.03. The van der Waals surface area contributed by atoms with Gasteiger partial charge in [0.1, 0.15) is 0 Å². The Hall–Kier alpha value is -3.12. The number of aromatic nitrogens is 1. The van der Waals surface area contributed by atoms with Crippen LogP contribution in [-0.2, 0) is 9.59 Å². The third-order valence-electron chi connectivity index (χ3n) is 4.02. The van der Waals surface area contributed by atoms with Gasteiger partial charge in [-0.15, -0.1) is 11.8 Å². The average molecular weight is 391 g/mol. The lowest BCUT2D eigenvalue weighted by molar-refractivity contribution is -0.119. The lowest BCUT2D eigenvalue weighted by Crippen LogP contribution is -2.30. The number of thioether (sulfide) groups is 1. The molecule has 2 N–H and O–H groups in total. The first kappa shape index (κ1) is 19.6. The Morgan fingerprint density at radius 3 is 2.21 bits per heavy atom. The van der Waals surface area contributed by atoms with Crippen LogP contribution in [0.4, 0.5) is 5.69 Å². The van der Waals surface area contributed by atoms with Crippen LogP contribution in [0.15, 0.2) is 84.0 Å². The molecule has 0 aliphatic carbocycles. The number of benzene rings is 2. The first-order valence-corrected chi connectivity index (χ1v) is 9.85. The number of nitrogens with zero attached hydrogens (tertiary/aromatic N) is 1. The summed E-state index contributed by atoms with van der Waals surface area (Å²) in [6.45, 7) is 1.47. The highest BCUT2D eigenvalue weighted by atomic mass is 32.2. The van der Waals surface area contributed by atoms with Crippen molar-refractivity contribution in [2.75, 3.05) is 11.1 Å². The van der Waals surface area contributed by atoms with Crippen molar-refractivity contribution in [2.24, 2.45) is 0 Å². The smallest absolute Gasteiger partial charge is 0.231 e. The Kier molecular flexibility index (Phi) is 6.81. The number of hydrogen-bond donors (Lipinski definition) is 2. The van der Waals surface area contributed by atoms with E-state index in [0.717, 1.165) is 21.7 Å². The van der Waals surface area contributed by atoms with Gasteiger partial charge < -0.3 is 10.6 Å². The highest BCUT2D eigenvalue weighted by Gasteiger charge is 2.16. The number of anilines is 1. The molecule has 0 saturated carbocycles. The van der Waals surface area contributed by atoms with E-state index in [0.29, 0.717) is 5.75 Å². The Morgan fingerprint density at radius 1 is 0.929 bits per heavy atom. The van der Waals surface area contributed by atoms with Gasteiger partial charge in [0.15, 0.2) is 0 Å². The zero-order chi connectivity index (χ0) is 19.8. The van der Waals surface area contributed by atoms with E-state index in [2.05, 4.69) is 15.6 Å². The van der Waals surface area contributed by atoms with Gasteiger partial charge in [-0.1, -0.05) is 30.3 Å². The van der Waals surface area contributed by atoms with Crippen LogP contribution in [0, 0.1) is 0 Å². The molecule has 0 aliphatic heterocycles. The summed E-state index contributed by atoms with van der Waals surface area (Å²) in [5, 5.41) is 5.84. The van der Waals surface area contributed by atoms with Gasteiger partial charge in [0.05, 0.1) is 11.8 Å². The van der Waals surface area contributed by atoms with Gasteiger partial charge in [0, 0.05) is 29.9 Å². The summed E-state index contributed by atoms with van der Waals surface area (Å²) >= 11 is 1.45. The zero-order valence-electron chi connectivity index (χ0n) is 15.5. The molecule has 1 heterocycles. The maximum Gasteiger partial charge on any atom is 0.231 e. The lowest BCUT2D eigenvalue weighted by atomic mass is 10.00. The second-order valence-corrected chi connectivity index (χ2v) is 7.23. The normalized spacial score (nSPS) is 11.5. The van der Waals surface area contributed by atoms with E-state index < -0.39 is 0 Å². The number of rotatable bonds is 7. The first-order valence-electron chi connectivity index (χ1n) is 8.86. The second-order valence-electron chi connectivity index (χ2n) is 6.19. The molecule has 1 atom stereocenters. The van der Waals surface area contributed by atoms with Gasteiger partial charge >= 0.3 is 0 Å². The second kappa shape index (κ2) is 9.71. The molecule has 0 saturated heterocycles. The Labute approximate surface area is 168 Å². The number of pyridine rings is 1. The van der Waals surface area contributed by atoms with E-state index in [4.69, 9.17) is 0 Å². The van der Waals surface area contributed by atoms with E-state index >= 15 is 0 Å². The van der Waals surface area contributed by atoms with E-state index in [1.807, 2.05) is 66.7 Å². The van der Waals surface area contributed by atoms with Gasteiger partial charge in [0.2, 0.25) is 11.8 Å². The zero-order valence-corrected chi connectivity index (χ0v) is 16.3. The fourth-order valence-electron chi connectivity index (χ4n) is 2.75. The van der Waals surface area contributed by atoms with Gasteiger partial charge in [-0.3, -0.25) is 14.6 Å². The predicted octanol–water partition coefficient (Wildman–Crippen LogP) is 4.04. The van der Waals surface area contributed by atoms with Crippen LogP contribution in [0.3, 0.4) is 0 Å². The molecule has 1 aromatic heterocycles. The fraction of sp³-hybridized carbons (Fsp3) is 0.136. The molecule has 2 amide bonds. The molecule has 0 fully saturated rings. The number of nitrogens with one attached hydrogen (secondary N) is 2. The molecule has 3 rings (SSSR count). The molecule has 2 aromatic carbocycles. The fourth-order valence-corrected chi connectivity index (χ4v) is 3.46. The van der Waals surface area contributed by atoms with E-state index in [-0.39, 0.29) is 17.9 Å². The summed E-state index contributed by atoms with van der Waals surface area (Å²) in [7, 11) is 0. The van der Waals surface area contributed by atoms with Crippen molar-refractivity contribution in [1.29, 1.82) is 0 Å². The summed E-state index contributed by atoms with van der Waals surface area (Å²) in [4.78, 5) is 28.7. The van der Waals surface area contributed by atoms with E-state index in [9.17, 15) is 9.59 Å². The summed E-state index contributed by atoms with van der Waals surface area (Å²) < 4.78 is 0. The molecule has 28 heavy (non-hydrogen) atoms. The van der Waals surface area contributed by atoms with Crippen LogP contribution >= 0.6 is 11.8 Å². The van der Waals surface area contributed by atoms with Crippen LogP contribution in [0.1, 0.15) is 24.1 Å². The number of hydrogen-bond acceptors (Lipinski definition) is 4. The minimum Gasteiger partial charge on any atom is -0.344 e. The summed E-state index contributed by atoms with van der Waals surface area (Å²) in [5.41, 5.74) is 2.74. The SMILES string of the molecule is CC(=O)Nc1ccc(SCC(=O)N[C@H](c2ccccc2)c2ccncc2)cc1. The van der Waals surface area contributed by atoms with Gasteiger partial charge in [-0.05, 0) is 47.5 Å². The van der Waals surface area contributed by atoms with Crippen molar-refractivity contribution in [3.05, 3.63) is 90.3 Å². The minimum atomic E-state index is -0.223. The summed E-state index contributed by atoms with van der Waals surface area (Å²) in [6.07, 6.45) is 3.45. The lowest BCUT2D eigenvalue weighted by Gasteiger charge is -2.19. The highest BCUT2D eigenvalue weighted by molar-refractivity contribution is 8.00. The van der Waals surface area contributed by atoms with Gasteiger partial charge in [0.25, 0.3) is 0 Å². The van der Waals surface area contributed by atoms with Crippen LogP contribution in [-0.4, -0.2) is 22.6 Å². The topological polar surface area (TPSA) is 71.1 Å². The molecule has 0 aliphatic rings. The molecular weight excluding hydrogens is 370 g/mol. The van der Waals surface area contributed by atoms with Gasteiger partial charge in [-0.2, -0.15) is 0 Å². The Morgan fingerprint density at radius 2 is 1.57 bits per heavy atom. The number of carbonyl (C=O) groups excluding carboxylic acids is 2.